The molecule has 156 valence electrons. The van der Waals surface area contributed by atoms with Crippen LogP contribution in [0, 0.1) is 5.82 Å². The second-order valence-corrected chi connectivity index (χ2v) is 6.97. The molecule has 8 nitrogen and oxygen atoms in total. The van der Waals surface area contributed by atoms with E-state index >= 15 is 0 Å². The van der Waals surface area contributed by atoms with E-state index in [0.717, 1.165) is 62.4 Å². The molecular formula is C21H25FN8. The second-order valence-electron chi connectivity index (χ2n) is 6.97. The van der Waals surface area contributed by atoms with E-state index in [1.54, 1.807) is 36.3 Å². The van der Waals surface area contributed by atoms with Crippen molar-refractivity contribution in [3.8, 4) is 5.69 Å². The number of benzene rings is 1. The van der Waals surface area contributed by atoms with Gasteiger partial charge in [0.05, 0.1) is 11.4 Å². The number of nitrogens with one attached hydrogen (secondary N) is 1. The molecule has 0 bridgehead atoms. The van der Waals surface area contributed by atoms with Gasteiger partial charge in [0.1, 0.15) is 5.82 Å². The zero-order valence-corrected chi connectivity index (χ0v) is 16.9. The number of hydrogen-bond acceptors (Lipinski definition) is 5. The van der Waals surface area contributed by atoms with Crippen molar-refractivity contribution in [1.82, 2.24) is 30.0 Å². The number of rotatable bonds is 5. The summed E-state index contributed by atoms with van der Waals surface area (Å²) in [5.74, 6) is 1.41. The molecule has 3 heterocycles. The molecule has 1 fully saturated rings. The Morgan fingerprint density at radius 3 is 2.50 bits per heavy atom. The molecule has 1 aromatic carbocycles. The van der Waals surface area contributed by atoms with Crippen LogP contribution in [0.1, 0.15) is 5.69 Å². The van der Waals surface area contributed by atoms with Gasteiger partial charge in [0, 0.05) is 64.8 Å². The van der Waals surface area contributed by atoms with Crippen LogP contribution < -0.4 is 10.2 Å². The van der Waals surface area contributed by atoms with Crippen LogP contribution in [0.25, 0.3) is 5.69 Å². The third-order valence-electron chi connectivity index (χ3n) is 5.03. The molecule has 0 aliphatic carbocycles. The van der Waals surface area contributed by atoms with Crippen LogP contribution in [0.2, 0.25) is 0 Å². The van der Waals surface area contributed by atoms with Crippen molar-refractivity contribution >= 4 is 11.9 Å². The Labute approximate surface area is 175 Å². The molecule has 0 unspecified atom stereocenters. The molecule has 2 aromatic heterocycles. The van der Waals surface area contributed by atoms with E-state index in [1.807, 2.05) is 18.3 Å². The molecule has 1 saturated heterocycles. The van der Waals surface area contributed by atoms with Gasteiger partial charge in [0.25, 0.3) is 0 Å². The smallest absolute Gasteiger partial charge is 0.225 e. The Morgan fingerprint density at radius 1 is 1.07 bits per heavy atom. The van der Waals surface area contributed by atoms with Gasteiger partial charge in [0.15, 0.2) is 5.96 Å². The minimum atomic E-state index is -0.251. The van der Waals surface area contributed by atoms with Gasteiger partial charge >= 0.3 is 0 Å². The Bertz CT molecular complexity index is 962. The zero-order valence-electron chi connectivity index (χ0n) is 16.9. The van der Waals surface area contributed by atoms with Gasteiger partial charge in [-0.1, -0.05) is 0 Å². The lowest BCUT2D eigenvalue weighted by Gasteiger charge is -2.36. The maximum Gasteiger partial charge on any atom is 0.225 e. The molecule has 0 atom stereocenters. The van der Waals surface area contributed by atoms with Crippen LogP contribution in [0.5, 0.6) is 0 Å². The molecule has 1 aliphatic heterocycles. The van der Waals surface area contributed by atoms with E-state index in [4.69, 9.17) is 0 Å². The minimum Gasteiger partial charge on any atom is -0.356 e. The fraction of sp³-hybridized carbons (Fsp3) is 0.333. The number of hydrogen-bond donors (Lipinski definition) is 1. The number of piperazine rings is 1. The number of nitrogens with zero attached hydrogens (tertiary/aromatic N) is 7. The van der Waals surface area contributed by atoms with Crippen molar-refractivity contribution in [3.05, 3.63) is 66.5 Å². The lowest BCUT2D eigenvalue weighted by molar-refractivity contribution is 0.370. The highest BCUT2D eigenvalue weighted by atomic mass is 19.1. The first-order chi connectivity index (χ1) is 14.7. The highest BCUT2D eigenvalue weighted by molar-refractivity contribution is 5.80. The fourth-order valence-electron chi connectivity index (χ4n) is 3.44. The number of aromatic nitrogens is 4. The van der Waals surface area contributed by atoms with Crippen molar-refractivity contribution < 1.29 is 4.39 Å². The predicted molar refractivity (Wildman–Crippen MR) is 114 cm³/mol. The monoisotopic (exact) mass is 408 g/mol. The maximum absolute atomic E-state index is 13.1. The molecule has 1 aliphatic rings. The Kier molecular flexibility index (Phi) is 6.17. The largest absolute Gasteiger partial charge is 0.356 e. The molecule has 3 aromatic rings. The third-order valence-corrected chi connectivity index (χ3v) is 5.03. The third kappa shape index (κ3) is 4.73. The van der Waals surface area contributed by atoms with Crippen LogP contribution in [0.3, 0.4) is 0 Å². The van der Waals surface area contributed by atoms with Gasteiger partial charge in [-0.2, -0.15) is 5.10 Å². The highest BCUT2D eigenvalue weighted by Gasteiger charge is 2.20. The van der Waals surface area contributed by atoms with Gasteiger partial charge in [-0.15, -0.1) is 0 Å². The molecule has 1 N–H and O–H groups in total. The van der Waals surface area contributed by atoms with Crippen LogP contribution in [0.4, 0.5) is 10.3 Å². The van der Waals surface area contributed by atoms with Crippen molar-refractivity contribution in [2.24, 2.45) is 4.99 Å². The average Bonchev–Trinajstić information content (AvgIpc) is 3.27. The summed E-state index contributed by atoms with van der Waals surface area (Å²) < 4.78 is 14.8. The van der Waals surface area contributed by atoms with Gasteiger partial charge in [-0.3, -0.25) is 4.99 Å². The summed E-state index contributed by atoms with van der Waals surface area (Å²) in [6.07, 6.45) is 6.20. The summed E-state index contributed by atoms with van der Waals surface area (Å²) in [7, 11) is 1.80. The molecule has 0 radical (unpaired) electrons. The van der Waals surface area contributed by atoms with Crippen molar-refractivity contribution in [2.75, 3.05) is 44.7 Å². The summed E-state index contributed by atoms with van der Waals surface area (Å²) >= 11 is 0. The quantitative estimate of drug-likeness (QED) is 0.512. The van der Waals surface area contributed by atoms with Gasteiger partial charge in [0.2, 0.25) is 5.95 Å². The summed E-state index contributed by atoms with van der Waals surface area (Å²) in [5.41, 5.74) is 1.81. The topological polar surface area (TPSA) is 74.5 Å². The van der Waals surface area contributed by atoms with Gasteiger partial charge in [-0.25, -0.2) is 19.0 Å². The number of anilines is 1. The number of guanidine groups is 1. The molecule has 9 heteroatoms. The molecular weight excluding hydrogens is 383 g/mol. The van der Waals surface area contributed by atoms with Crippen molar-refractivity contribution in [2.45, 2.75) is 6.42 Å². The van der Waals surface area contributed by atoms with Gasteiger partial charge in [-0.05, 0) is 36.4 Å². The Hall–Kier alpha value is -3.49. The summed E-state index contributed by atoms with van der Waals surface area (Å²) in [6.45, 7) is 4.16. The van der Waals surface area contributed by atoms with E-state index < -0.39 is 0 Å². The van der Waals surface area contributed by atoms with Crippen LogP contribution in [-0.4, -0.2) is 70.4 Å². The van der Waals surface area contributed by atoms with Crippen molar-refractivity contribution in [1.29, 1.82) is 0 Å². The Balaban J connectivity index is 1.26. The lowest BCUT2D eigenvalue weighted by Crippen LogP contribution is -2.53. The second kappa shape index (κ2) is 9.34. The van der Waals surface area contributed by atoms with E-state index in [1.165, 1.54) is 12.1 Å². The minimum absolute atomic E-state index is 0.251. The molecule has 4 rings (SSSR count). The molecule has 30 heavy (non-hydrogen) atoms. The molecule has 0 saturated carbocycles. The number of halogens is 1. The normalized spacial score (nSPS) is 14.8. The summed E-state index contributed by atoms with van der Waals surface area (Å²) in [5, 5.41) is 8.00. The van der Waals surface area contributed by atoms with E-state index in [-0.39, 0.29) is 5.82 Å². The van der Waals surface area contributed by atoms with Gasteiger partial charge < -0.3 is 15.1 Å². The highest BCUT2D eigenvalue weighted by Crippen LogP contribution is 2.11. The first-order valence-electron chi connectivity index (χ1n) is 10.0. The standard InChI is InChI=1S/C21H25FN8/c1-23-20(28-13-15-29(16-14-28)21-24-9-2-10-25-21)26-11-7-18-8-12-30(27-18)19-5-3-17(22)4-6-19/h2-6,8-10,12H,7,11,13-16H2,1H3,(H,23,26). The zero-order chi connectivity index (χ0) is 20.8. The van der Waals surface area contributed by atoms with Crippen LogP contribution >= 0.6 is 0 Å². The summed E-state index contributed by atoms with van der Waals surface area (Å²) in [4.78, 5) is 17.5. The maximum atomic E-state index is 13.1. The van der Waals surface area contributed by atoms with E-state index in [0.29, 0.717) is 0 Å². The SMILES string of the molecule is CN=C(NCCc1ccn(-c2ccc(F)cc2)n1)N1CCN(c2ncccn2)CC1. The lowest BCUT2D eigenvalue weighted by atomic mass is 10.3. The molecule has 0 spiro atoms. The first kappa shape index (κ1) is 19.8. The van der Waals surface area contributed by atoms with Crippen molar-refractivity contribution in [3.63, 3.8) is 0 Å². The first-order valence-corrected chi connectivity index (χ1v) is 10.0. The Morgan fingerprint density at radius 2 is 1.80 bits per heavy atom. The average molecular weight is 408 g/mol. The fourth-order valence-corrected chi connectivity index (χ4v) is 3.44. The predicted octanol–water partition coefficient (Wildman–Crippen LogP) is 1.74. The molecule has 0 amide bonds. The van der Waals surface area contributed by atoms with E-state index in [2.05, 4.69) is 35.2 Å². The van der Waals surface area contributed by atoms with Crippen LogP contribution in [-0.2, 0) is 6.42 Å². The van der Waals surface area contributed by atoms with Crippen LogP contribution in [0.15, 0.2) is 60.0 Å². The van der Waals surface area contributed by atoms with E-state index in [9.17, 15) is 4.39 Å². The summed E-state index contributed by atoms with van der Waals surface area (Å²) in [6, 6.07) is 10.1. The number of aliphatic imine (C=N–C) groups is 1.